The smallest absolute Gasteiger partial charge is 0.251 e. The lowest BCUT2D eigenvalue weighted by Crippen LogP contribution is -2.31. The van der Waals surface area contributed by atoms with Crippen molar-refractivity contribution in [1.29, 1.82) is 0 Å². The topological polar surface area (TPSA) is 41.1 Å². The number of carbonyl (C=O) groups is 1. The molecule has 0 aliphatic carbocycles. The Morgan fingerprint density at radius 3 is 3.12 bits per heavy atom. The highest BCUT2D eigenvalue weighted by atomic mass is 16.1. The summed E-state index contributed by atoms with van der Waals surface area (Å²) < 4.78 is 0. The first-order chi connectivity index (χ1) is 8.20. The van der Waals surface area contributed by atoms with Gasteiger partial charge >= 0.3 is 0 Å². The number of nitrogens with one attached hydrogen (secondary N) is 2. The zero-order valence-electron chi connectivity index (χ0n) is 10.1. The molecule has 1 amide bonds. The van der Waals surface area contributed by atoms with E-state index in [-0.39, 0.29) is 11.9 Å². The molecule has 3 nitrogen and oxygen atoms in total. The molecule has 0 saturated heterocycles. The zero-order chi connectivity index (χ0) is 12.3. The molecular formula is C14H18N2O. The summed E-state index contributed by atoms with van der Waals surface area (Å²) in [6.07, 6.45) is 2.76. The van der Waals surface area contributed by atoms with Gasteiger partial charge in [-0.25, -0.2) is 0 Å². The first kappa shape index (κ1) is 11.9. The minimum atomic E-state index is -0.0363. The standard InChI is InChI=1S/C14H18N2O/c1-3-10(2)16-14(17)12-5-4-11-6-7-15-9-13(11)8-12/h3-5,8,10,15H,1,6-7,9H2,2H3,(H,16,17). The van der Waals surface area contributed by atoms with E-state index in [4.69, 9.17) is 0 Å². The van der Waals surface area contributed by atoms with Crippen molar-refractivity contribution >= 4 is 5.91 Å². The van der Waals surface area contributed by atoms with E-state index in [0.29, 0.717) is 0 Å². The molecule has 90 valence electrons. The summed E-state index contributed by atoms with van der Waals surface area (Å²) in [5, 5.41) is 6.19. The summed E-state index contributed by atoms with van der Waals surface area (Å²) in [6.45, 7) is 7.43. The van der Waals surface area contributed by atoms with Crippen LogP contribution in [0.5, 0.6) is 0 Å². The second kappa shape index (κ2) is 5.15. The summed E-state index contributed by atoms with van der Waals surface area (Å²) in [5.41, 5.74) is 3.30. The van der Waals surface area contributed by atoms with Gasteiger partial charge in [-0.2, -0.15) is 0 Å². The van der Waals surface area contributed by atoms with E-state index in [1.807, 2.05) is 19.1 Å². The number of amides is 1. The van der Waals surface area contributed by atoms with Crippen LogP contribution in [0.3, 0.4) is 0 Å². The van der Waals surface area contributed by atoms with Crippen molar-refractivity contribution in [3.8, 4) is 0 Å². The first-order valence-corrected chi connectivity index (χ1v) is 5.96. The SMILES string of the molecule is C=CC(C)NC(=O)c1ccc2c(c1)CNCC2. The molecule has 1 aromatic carbocycles. The van der Waals surface area contributed by atoms with Crippen molar-refractivity contribution < 1.29 is 4.79 Å². The van der Waals surface area contributed by atoms with Crippen LogP contribution < -0.4 is 10.6 Å². The van der Waals surface area contributed by atoms with Gasteiger partial charge in [0.2, 0.25) is 0 Å². The molecule has 1 aliphatic heterocycles. The number of rotatable bonds is 3. The third-order valence-corrected chi connectivity index (χ3v) is 3.07. The molecule has 0 fully saturated rings. The number of hydrogen-bond acceptors (Lipinski definition) is 2. The molecule has 0 saturated carbocycles. The van der Waals surface area contributed by atoms with Crippen LogP contribution in [-0.4, -0.2) is 18.5 Å². The number of benzene rings is 1. The van der Waals surface area contributed by atoms with Gasteiger partial charge in [-0.05, 0) is 43.1 Å². The predicted octanol–water partition coefficient (Wildman–Crippen LogP) is 1.64. The number of hydrogen-bond donors (Lipinski definition) is 2. The summed E-state index contributed by atoms with van der Waals surface area (Å²) in [5.74, 6) is -0.0363. The Morgan fingerprint density at radius 2 is 2.35 bits per heavy atom. The highest BCUT2D eigenvalue weighted by Gasteiger charge is 2.12. The molecule has 3 heteroatoms. The molecule has 1 heterocycles. The van der Waals surface area contributed by atoms with Gasteiger partial charge in [0.1, 0.15) is 0 Å². The van der Waals surface area contributed by atoms with Gasteiger partial charge in [0.15, 0.2) is 0 Å². The maximum atomic E-state index is 11.9. The van der Waals surface area contributed by atoms with E-state index in [2.05, 4.69) is 23.3 Å². The Balaban J connectivity index is 2.16. The number of fused-ring (bicyclic) bond motifs is 1. The largest absolute Gasteiger partial charge is 0.346 e. The zero-order valence-corrected chi connectivity index (χ0v) is 10.1. The minimum absolute atomic E-state index is 0.00310. The van der Waals surface area contributed by atoms with Crippen LogP contribution >= 0.6 is 0 Å². The average molecular weight is 230 g/mol. The summed E-state index contributed by atoms with van der Waals surface area (Å²) in [6, 6.07) is 5.93. The first-order valence-electron chi connectivity index (χ1n) is 5.96. The molecule has 1 unspecified atom stereocenters. The van der Waals surface area contributed by atoms with Crippen LogP contribution in [0.1, 0.15) is 28.4 Å². The molecule has 0 bridgehead atoms. The molecule has 2 N–H and O–H groups in total. The Labute approximate surface area is 102 Å². The molecule has 17 heavy (non-hydrogen) atoms. The van der Waals surface area contributed by atoms with Gasteiger partial charge in [0.25, 0.3) is 5.91 Å². The van der Waals surface area contributed by atoms with Gasteiger partial charge in [-0.15, -0.1) is 6.58 Å². The Morgan fingerprint density at radius 1 is 1.53 bits per heavy atom. The van der Waals surface area contributed by atoms with Crippen molar-refractivity contribution in [1.82, 2.24) is 10.6 Å². The molecule has 0 spiro atoms. The summed E-state index contributed by atoms with van der Waals surface area (Å²) in [4.78, 5) is 11.9. The monoisotopic (exact) mass is 230 g/mol. The average Bonchev–Trinajstić information content (AvgIpc) is 2.38. The van der Waals surface area contributed by atoms with Crippen LogP contribution in [0.2, 0.25) is 0 Å². The normalized spacial score (nSPS) is 15.8. The lowest BCUT2D eigenvalue weighted by Gasteiger charge is -2.18. The van der Waals surface area contributed by atoms with Crippen molar-refractivity contribution in [3.63, 3.8) is 0 Å². The second-order valence-corrected chi connectivity index (χ2v) is 4.41. The van der Waals surface area contributed by atoms with Crippen molar-refractivity contribution in [2.24, 2.45) is 0 Å². The van der Waals surface area contributed by atoms with Crippen LogP contribution in [0, 0.1) is 0 Å². The van der Waals surface area contributed by atoms with E-state index < -0.39 is 0 Å². The molecular weight excluding hydrogens is 212 g/mol. The van der Waals surface area contributed by atoms with Gasteiger partial charge in [-0.1, -0.05) is 12.1 Å². The fourth-order valence-corrected chi connectivity index (χ4v) is 1.97. The maximum Gasteiger partial charge on any atom is 0.251 e. The van der Waals surface area contributed by atoms with Gasteiger partial charge in [-0.3, -0.25) is 4.79 Å². The highest BCUT2D eigenvalue weighted by molar-refractivity contribution is 5.94. The fraction of sp³-hybridized carbons (Fsp3) is 0.357. The summed E-state index contributed by atoms with van der Waals surface area (Å²) in [7, 11) is 0. The Hall–Kier alpha value is -1.61. The molecule has 2 rings (SSSR count). The third-order valence-electron chi connectivity index (χ3n) is 3.07. The van der Waals surface area contributed by atoms with Gasteiger partial charge in [0.05, 0.1) is 0 Å². The van der Waals surface area contributed by atoms with Crippen molar-refractivity contribution in [2.45, 2.75) is 25.9 Å². The van der Waals surface area contributed by atoms with Crippen LogP contribution in [0.4, 0.5) is 0 Å². The van der Waals surface area contributed by atoms with E-state index in [0.717, 1.165) is 25.1 Å². The van der Waals surface area contributed by atoms with Gasteiger partial charge in [0, 0.05) is 18.2 Å². The fourth-order valence-electron chi connectivity index (χ4n) is 1.97. The second-order valence-electron chi connectivity index (χ2n) is 4.41. The van der Waals surface area contributed by atoms with Gasteiger partial charge < -0.3 is 10.6 Å². The van der Waals surface area contributed by atoms with Crippen LogP contribution in [-0.2, 0) is 13.0 Å². The van der Waals surface area contributed by atoms with Crippen LogP contribution in [0.25, 0.3) is 0 Å². The van der Waals surface area contributed by atoms with E-state index in [1.54, 1.807) is 6.08 Å². The predicted molar refractivity (Wildman–Crippen MR) is 69.0 cm³/mol. The summed E-state index contributed by atoms with van der Waals surface area (Å²) >= 11 is 0. The molecule has 1 atom stereocenters. The Bertz CT molecular complexity index is 440. The van der Waals surface area contributed by atoms with E-state index in [9.17, 15) is 4.79 Å². The maximum absolute atomic E-state index is 11.9. The van der Waals surface area contributed by atoms with E-state index in [1.165, 1.54) is 11.1 Å². The quantitative estimate of drug-likeness (QED) is 0.775. The molecule has 1 aliphatic rings. The minimum Gasteiger partial charge on any atom is -0.346 e. The molecule has 0 aromatic heterocycles. The van der Waals surface area contributed by atoms with Crippen LogP contribution in [0.15, 0.2) is 30.9 Å². The molecule has 1 aromatic rings. The van der Waals surface area contributed by atoms with Crippen molar-refractivity contribution in [3.05, 3.63) is 47.5 Å². The lowest BCUT2D eigenvalue weighted by molar-refractivity contribution is 0.0947. The highest BCUT2D eigenvalue weighted by Crippen LogP contribution is 2.15. The number of carbonyl (C=O) groups excluding carboxylic acids is 1. The molecule has 0 radical (unpaired) electrons. The van der Waals surface area contributed by atoms with Crippen molar-refractivity contribution in [2.75, 3.05) is 6.54 Å². The van der Waals surface area contributed by atoms with E-state index >= 15 is 0 Å². The lowest BCUT2D eigenvalue weighted by atomic mass is 9.98. The Kier molecular flexibility index (Phi) is 3.59. The third kappa shape index (κ3) is 2.74.